The molecule has 2 aromatic carbocycles. The fraction of sp³-hybridized carbons (Fsp3) is 0.381. The fourth-order valence-electron chi connectivity index (χ4n) is 2.91. The van der Waals surface area contributed by atoms with Crippen LogP contribution < -0.4 is 5.32 Å². The molecule has 1 N–H and O–H groups in total. The van der Waals surface area contributed by atoms with E-state index in [0.29, 0.717) is 17.7 Å². The van der Waals surface area contributed by atoms with Crippen molar-refractivity contribution in [3.8, 4) is 0 Å². The SMILES string of the molecule is CC(C)(C)c1ccc(CCOC2=NC(OS(=O)(=O)C(F)(F)F)Nc3ccccc32)cc1. The van der Waals surface area contributed by atoms with E-state index in [4.69, 9.17) is 4.74 Å². The Balaban J connectivity index is 1.72. The number of hydrogen-bond acceptors (Lipinski definition) is 6. The molecule has 0 spiro atoms. The van der Waals surface area contributed by atoms with Crippen molar-refractivity contribution in [1.82, 2.24) is 0 Å². The van der Waals surface area contributed by atoms with E-state index in [1.807, 2.05) is 24.3 Å². The van der Waals surface area contributed by atoms with Gasteiger partial charge in [-0.1, -0.05) is 57.2 Å². The van der Waals surface area contributed by atoms with Crippen molar-refractivity contribution in [2.45, 2.75) is 44.5 Å². The minimum absolute atomic E-state index is 0.00281. The maximum absolute atomic E-state index is 12.7. The van der Waals surface area contributed by atoms with E-state index in [1.54, 1.807) is 24.3 Å². The molecule has 6 nitrogen and oxygen atoms in total. The van der Waals surface area contributed by atoms with Gasteiger partial charge in [-0.3, -0.25) is 0 Å². The number of halogens is 3. The lowest BCUT2D eigenvalue weighted by Gasteiger charge is -2.25. The zero-order chi connectivity index (χ0) is 22.9. The molecule has 0 aliphatic carbocycles. The van der Waals surface area contributed by atoms with Crippen LogP contribution in [0.1, 0.15) is 37.5 Å². The van der Waals surface area contributed by atoms with E-state index in [2.05, 4.69) is 35.3 Å². The van der Waals surface area contributed by atoms with Gasteiger partial charge in [0.1, 0.15) is 0 Å². The number of benzene rings is 2. The van der Waals surface area contributed by atoms with Crippen molar-refractivity contribution in [2.24, 2.45) is 4.99 Å². The monoisotopic (exact) mass is 456 g/mol. The van der Waals surface area contributed by atoms with E-state index in [9.17, 15) is 21.6 Å². The summed E-state index contributed by atoms with van der Waals surface area (Å²) in [5.74, 6) is 0.00281. The molecule has 0 saturated heterocycles. The molecular formula is C21H23F3N2O4S. The number of aliphatic imine (C=N–C) groups is 1. The fourth-order valence-corrected chi connectivity index (χ4v) is 3.35. The number of fused-ring (bicyclic) bond motifs is 1. The Kier molecular flexibility index (Phi) is 6.33. The van der Waals surface area contributed by atoms with Crippen LogP contribution in [0, 0.1) is 0 Å². The molecule has 31 heavy (non-hydrogen) atoms. The van der Waals surface area contributed by atoms with E-state index in [1.165, 1.54) is 5.56 Å². The molecule has 0 radical (unpaired) electrons. The first-order chi connectivity index (χ1) is 14.4. The molecule has 0 bridgehead atoms. The molecule has 0 fully saturated rings. The van der Waals surface area contributed by atoms with E-state index in [0.717, 1.165) is 5.56 Å². The Morgan fingerprint density at radius 1 is 1.03 bits per heavy atom. The van der Waals surface area contributed by atoms with Crippen LogP contribution in [-0.4, -0.2) is 32.8 Å². The van der Waals surface area contributed by atoms with Gasteiger partial charge in [0, 0.05) is 6.42 Å². The molecule has 1 unspecified atom stereocenters. The summed E-state index contributed by atoms with van der Waals surface area (Å²) in [4.78, 5) is 3.88. The van der Waals surface area contributed by atoms with Crippen LogP contribution in [0.2, 0.25) is 0 Å². The second kappa shape index (κ2) is 8.51. The Labute approximate surface area is 179 Å². The average molecular weight is 456 g/mol. The van der Waals surface area contributed by atoms with Crippen LogP contribution in [0.15, 0.2) is 53.5 Å². The molecule has 1 heterocycles. The summed E-state index contributed by atoms with van der Waals surface area (Å²) in [6.07, 6.45) is -1.26. The predicted octanol–water partition coefficient (Wildman–Crippen LogP) is 4.57. The van der Waals surface area contributed by atoms with Gasteiger partial charge in [0.05, 0.1) is 17.9 Å². The first-order valence-corrected chi connectivity index (χ1v) is 10.9. The number of para-hydroxylation sites is 1. The Bertz CT molecular complexity index is 1060. The minimum Gasteiger partial charge on any atom is -0.477 e. The largest absolute Gasteiger partial charge is 0.523 e. The van der Waals surface area contributed by atoms with Crippen LogP contribution in [0.4, 0.5) is 18.9 Å². The molecular weight excluding hydrogens is 433 g/mol. The van der Waals surface area contributed by atoms with E-state index < -0.39 is 22.0 Å². The van der Waals surface area contributed by atoms with Gasteiger partial charge in [0.15, 0.2) is 0 Å². The van der Waals surface area contributed by atoms with Crippen molar-refractivity contribution >= 4 is 21.7 Å². The third-order valence-electron chi connectivity index (χ3n) is 4.62. The predicted molar refractivity (Wildman–Crippen MR) is 111 cm³/mol. The third kappa shape index (κ3) is 5.56. The summed E-state index contributed by atoms with van der Waals surface area (Å²) in [6, 6.07) is 14.6. The molecule has 2 aromatic rings. The van der Waals surface area contributed by atoms with Crippen molar-refractivity contribution in [3.05, 3.63) is 65.2 Å². The molecule has 0 amide bonds. The first-order valence-electron chi connectivity index (χ1n) is 9.52. The second-order valence-corrected chi connectivity index (χ2v) is 9.58. The molecule has 1 aliphatic heterocycles. The van der Waals surface area contributed by atoms with Crippen molar-refractivity contribution < 1.29 is 30.5 Å². The molecule has 0 aromatic heterocycles. The van der Waals surface area contributed by atoms with Gasteiger partial charge in [-0.25, -0.2) is 4.18 Å². The van der Waals surface area contributed by atoms with Gasteiger partial charge in [-0.05, 0) is 28.7 Å². The van der Waals surface area contributed by atoms with Crippen LogP contribution in [-0.2, 0) is 30.9 Å². The molecule has 3 rings (SSSR count). The van der Waals surface area contributed by atoms with Gasteiger partial charge in [-0.15, -0.1) is 0 Å². The van der Waals surface area contributed by atoms with Gasteiger partial charge in [0.25, 0.3) is 0 Å². The quantitative estimate of drug-likeness (QED) is 0.527. The number of anilines is 1. The summed E-state index contributed by atoms with van der Waals surface area (Å²) >= 11 is 0. The maximum Gasteiger partial charge on any atom is 0.523 e. The summed E-state index contributed by atoms with van der Waals surface area (Å²) in [5, 5.41) is 2.51. The van der Waals surface area contributed by atoms with E-state index in [-0.39, 0.29) is 17.9 Å². The van der Waals surface area contributed by atoms with Crippen LogP contribution in [0.3, 0.4) is 0 Å². The van der Waals surface area contributed by atoms with Crippen LogP contribution >= 0.6 is 0 Å². The zero-order valence-electron chi connectivity index (χ0n) is 17.2. The third-order valence-corrected chi connectivity index (χ3v) is 5.62. The first kappa shape index (κ1) is 23.1. The number of hydrogen-bond donors (Lipinski definition) is 1. The van der Waals surface area contributed by atoms with Crippen molar-refractivity contribution in [1.29, 1.82) is 0 Å². The maximum atomic E-state index is 12.7. The van der Waals surface area contributed by atoms with Crippen LogP contribution in [0.5, 0.6) is 0 Å². The lowest BCUT2D eigenvalue weighted by Crippen LogP contribution is -2.36. The highest BCUT2D eigenvalue weighted by Gasteiger charge is 2.49. The Morgan fingerprint density at radius 3 is 2.29 bits per heavy atom. The van der Waals surface area contributed by atoms with Gasteiger partial charge in [-0.2, -0.15) is 26.6 Å². The average Bonchev–Trinajstić information content (AvgIpc) is 2.66. The standard InChI is InChI=1S/C21H23F3N2O4S/c1-20(2,3)15-10-8-14(9-11-15)12-13-29-18-16-6-4-5-7-17(16)25-19(26-18)30-31(27,28)21(22,23)24/h4-11,19,25H,12-13H2,1-3H3. The number of nitrogens with zero attached hydrogens (tertiary/aromatic N) is 1. The topological polar surface area (TPSA) is 77.0 Å². The molecule has 168 valence electrons. The number of rotatable bonds is 5. The highest BCUT2D eigenvalue weighted by atomic mass is 32.2. The molecule has 1 atom stereocenters. The number of nitrogens with one attached hydrogen (secondary N) is 1. The normalized spacial score (nSPS) is 16.8. The summed E-state index contributed by atoms with van der Waals surface area (Å²) in [7, 11) is -5.83. The number of ether oxygens (including phenoxy) is 1. The number of alkyl halides is 3. The zero-order valence-corrected chi connectivity index (χ0v) is 18.0. The van der Waals surface area contributed by atoms with E-state index >= 15 is 0 Å². The van der Waals surface area contributed by atoms with Gasteiger partial charge < -0.3 is 10.1 Å². The summed E-state index contributed by atoms with van der Waals surface area (Å²) in [6.45, 7) is 6.56. The molecule has 0 saturated carbocycles. The Hall–Kier alpha value is -2.59. The molecule has 10 heteroatoms. The minimum atomic E-state index is -5.83. The smallest absolute Gasteiger partial charge is 0.477 e. The Morgan fingerprint density at radius 2 is 1.68 bits per heavy atom. The summed E-state index contributed by atoms with van der Waals surface area (Å²) < 4.78 is 70.5. The van der Waals surface area contributed by atoms with Crippen molar-refractivity contribution in [3.63, 3.8) is 0 Å². The highest BCUT2D eigenvalue weighted by molar-refractivity contribution is 7.87. The second-order valence-electron chi connectivity index (χ2n) is 8.02. The van der Waals surface area contributed by atoms with Crippen LogP contribution in [0.25, 0.3) is 0 Å². The van der Waals surface area contributed by atoms with Gasteiger partial charge >= 0.3 is 15.6 Å². The lowest BCUT2D eigenvalue weighted by molar-refractivity contribution is -0.0563. The lowest BCUT2D eigenvalue weighted by atomic mass is 9.86. The molecule has 1 aliphatic rings. The highest BCUT2D eigenvalue weighted by Crippen LogP contribution is 2.29. The van der Waals surface area contributed by atoms with Crippen molar-refractivity contribution in [2.75, 3.05) is 11.9 Å². The summed E-state index contributed by atoms with van der Waals surface area (Å²) in [5.41, 5.74) is -2.46. The van der Waals surface area contributed by atoms with Gasteiger partial charge in [0.2, 0.25) is 12.2 Å².